The summed E-state index contributed by atoms with van der Waals surface area (Å²) in [5.74, 6) is 0. The molecule has 0 spiro atoms. The minimum atomic E-state index is -4.61. The van der Waals surface area contributed by atoms with Crippen LogP contribution in [0.25, 0.3) is 0 Å². The van der Waals surface area contributed by atoms with Crippen LogP contribution >= 0.6 is 0 Å². The predicted molar refractivity (Wildman–Crippen MR) is 117 cm³/mol. The Bertz CT molecular complexity index is 523. The molecule has 0 saturated carbocycles. The first-order valence-corrected chi connectivity index (χ1v) is 21.1. The molecule has 0 bridgehead atoms. The summed E-state index contributed by atoms with van der Waals surface area (Å²) in [6.07, 6.45) is -3.61. The summed E-state index contributed by atoms with van der Waals surface area (Å²) in [6, 6.07) is 0. The van der Waals surface area contributed by atoms with Crippen LogP contribution < -0.4 is 0 Å². The van der Waals surface area contributed by atoms with E-state index in [0.717, 1.165) is 14.2 Å². The van der Waals surface area contributed by atoms with Gasteiger partial charge in [0.05, 0.1) is 12.2 Å². The molecule has 0 heterocycles. The first kappa shape index (κ1) is 30.6. The lowest BCUT2D eigenvalue weighted by atomic mass is 10.1. The molecule has 0 fully saturated rings. The van der Waals surface area contributed by atoms with Crippen molar-refractivity contribution in [2.45, 2.75) is 71.4 Å². The molecule has 0 aromatic heterocycles. The van der Waals surface area contributed by atoms with Crippen molar-refractivity contribution >= 4 is 43.8 Å². The van der Waals surface area contributed by atoms with Crippen molar-refractivity contribution in [3.8, 4) is 0 Å². The lowest BCUT2D eigenvalue weighted by Crippen LogP contribution is -2.65. The summed E-state index contributed by atoms with van der Waals surface area (Å²) in [6.45, 7) is 12.6. The number of hydrogen-bond donors (Lipinski definition) is 5. The van der Waals surface area contributed by atoms with Crippen LogP contribution in [0, 0.1) is 0 Å². The standard InChI is InChI=1S/C13H38O12Si5/c1-11(14)13(12(2)15)21-29(17,19-3)25-30(18,20-4)24-28(9,10)23-27(7,8)22-26(5,6)16/h11-18H,1-10H3/t11-,12+,13-,29?,30?. The van der Waals surface area contributed by atoms with Gasteiger partial charge in [0.15, 0.2) is 0 Å². The molecule has 30 heavy (non-hydrogen) atoms. The van der Waals surface area contributed by atoms with E-state index in [0.29, 0.717) is 0 Å². The van der Waals surface area contributed by atoms with Crippen molar-refractivity contribution < 1.29 is 54.3 Å². The minimum absolute atomic E-state index is 1.08. The van der Waals surface area contributed by atoms with Gasteiger partial charge < -0.3 is 54.3 Å². The molecule has 182 valence electrons. The van der Waals surface area contributed by atoms with E-state index in [2.05, 4.69) is 0 Å². The number of aliphatic hydroxyl groups is 2. The Kier molecular flexibility index (Phi) is 11.4. The molecule has 2 unspecified atom stereocenters. The van der Waals surface area contributed by atoms with Gasteiger partial charge in [-0.3, -0.25) is 0 Å². The Labute approximate surface area is 184 Å². The summed E-state index contributed by atoms with van der Waals surface area (Å²) in [5.41, 5.74) is 0. The molecule has 0 aliphatic heterocycles. The molecule has 5 atom stereocenters. The molecule has 5 N–H and O–H groups in total. The largest absolute Gasteiger partial charge is 0.671 e. The molecule has 17 heteroatoms. The average Bonchev–Trinajstić information content (AvgIpc) is 2.47. The van der Waals surface area contributed by atoms with Crippen LogP contribution in [0.2, 0.25) is 39.3 Å². The summed E-state index contributed by atoms with van der Waals surface area (Å²) in [5, 5.41) is 19.5. The average molecular weight is 527 g/mol. The molecular weight excluding hydrogens is 489 g/mol. The lowest BCUT2D eigenvalue weighted by Gasteiger charge is -2.39. The predicted octanol–water partition coefficient (Wildman–Crippen LogP) is -0.554. The van der Waals surface area contributed by atoms with Crippen LogP contribution in [0.1, 0.15) is 13.8 Å². The third-order valence-electron chi connectivity index (χ3n) is 3.37. The van der Waals surface area contributed by atoms with Gasteiger partial charge in [-0.2, -0.15) is 0 Å². The highest BCUT2D eigenvalue weighted by Gasteiger charge is 2.59. The van der Waals surface area contributed by atoms with Gasteiger partial charge >= 0.3 is 43.8 Å². The maximum Gasteiger partial charge on any atom is 0.671 e. The maximum absolute atomic E-state index is 10.8. The number of aliphatic hydroxyl groups excluding tert-OH is 2. The fraction of sp³-hybridized carbons (Fsp3) is 1.00. The van der Waals surface area contributed by atoms with Crippen molar-refractivity contribution in [2.24, 2.45) is 0 Å². The highest BCUT2D eigenvalue weighted by molar-refractivity contribution is 6.86. The summed E-state index contributed by atoms with van der Waals surface area (Å²) < 4.78 is 37.9. The van der Waals surface area contributed by atoms with E-state index in [1.54, 1.807) is 39.3 Å². The second-order valence-electron chi connectivity index (χ2n) is 8.17. The van der Waals surface area contributed by atoms with Crippen molar-refractivity contribution in [1.29, 1.82) is 0 Å². The molecule has 0 aliphatic carbocycles. The Hall–Kier alpha value is 0.604. The van der Waals surface area contributed by atoms with Gasteiger partial charge in [0.25, 0.3) is 0 Å². The third kappa shape index (κ3) is 11.5. The van der Waals surface area contributed by atoms with Crippen LogP contribution in [0.3, 0.4) is 0 Å². The zero-order valence-electron chi connectivity index (χ0n) is 19.3. The second-order valence-corrected chi connectivity index (χ2v) is 23.1. The van der Waals surface area contributed by atoms with E-state index in [4.69, 9.17) is 29.7 Å². The molecular formula is C13H38O12Si5. The molecule has 0 rings (SSSR count). The molecule has 0 aromatic rings. The van der Waals surface area contributed by atoms with Crippen molar-refractivity contribution in [1.82, 2.24) is 0 Å². The van der Waals surface area contributed by atoms with Gasteiger partial charge in [-0.25, -0.2) is 0 Å². The number of hydrogen-bond acceptors (Lipinski definition) is 12. The van der Waals surface area contributed by atoms with Gasteiger partial charge in [0.2, 0.25) is 0 Å². The van der Waals surface area contributed by atoms with E-state index >= 15 is 0 Å². The van der Waals surface area contributed by atoms with Crippen LogP contribution in [0.4, 0.5) is 0 Å². The Morgan fingerprint density at radius 3 is 1.33 bits per heavy atom. The lowest BCUT2D eigenvalue weighted by molar-refractivity contribution is -0.0945. The van der Waals surface area contributed by atoms with E-state index in [-0.39, 0.29) is 0 Å². The minimum Gasteiger partial charge on any atom is -0.416 e. The molecule has 0 saturated heterocycles. The smallest absolute Gasteiger partial charge is 0.416 e. The maximum atomic E-state index is 10.8. The van der Waals surface area contributed by atoms with Gasteiger partial charge in [-0.15, -0.1) is 0 Å². The fourth-order valence-corrected chi connectivity index (χ4v) is 19.7. The van der Waals surface area contributed by atoms with Crippen molar-refractivity contribution in [2.75, 3.05) is 14.2 Å². The molecule has 12 nitrogen and oxygen atoms in total. The Morgan fingerprint density at radius 2 is 1.00 bits per heavy atom. The quantitative estimate of drug-likeness (QED) is 0.183. The number of rotatable bonds is 14. The molecule has 0 amide bonds. The van der Waals surface area contributed by atoms with E-state index in [9.17, 15) is 24.6 Å². The first-order chi connectivity index (χ1) is 13.2. The van der Waals surface area contributed by atoms with E-state index in [1.165, 1.54) is 13.8 Å². The van der Waals surface area contributed by atoms with Gasteiger partial charge in [-0.1, -0.05) is 0 Å². The van der Waals surface area contributed by atoms with E-state index < -0.39 is 62.1 Å². The van der Waals surface area contributed by atoms with Gasteiger partial charge in [0, 0.05) is 14.2 Å². The second kappa shape index (κ2) is 11.2. The Morgan fingerprint density at radius 1 is 0.600 bits per heavy atom. The zero-order valence-corrected chi connectivity index (χ0v) is 24.3. The van der Waals surface area contributed by atoms with Crippen LogP contribution in [-0.4, -0.2) is 101 Å². The summed E-state index contributed by atoms with van der Waals surface area (Å²) in [4.78, 5) is 31.5. The van der Waals surface area contributed by atoms with Gasteiger partial charge in [-0.05, 0) is 53.1 Å². The van der Waals surface area contributed by atoms with Crippen molar-refractivity contribution in [3.63, 3.8) is 0 Å². The zero-order chi connectivity index (χ0) is 24.2. The normalized spacial score (nSPS) is 20.9. The van der Waals surface area contributed by atoms with Crippen LogP contribution in [-0.2, 0) is 29.7 Å². The topological polar surface area (TPSA) is 166 Å². The summed E-state index contributed by atoms with van der Waals surface area (Å²) >= 11 is 0. The van der Waals surface area contributed by atoms with Crippen LogP contribution in [0.5, 0.6) is 0 Å². The molecule has 0 aliphatic rings. The molecule has 0 aromatic carbocycles. The SMILES string of the molecule is CO[Si](O)(O[C@@H]([C@H](C)O)[C@@H](C)O)O[Si](O)(OC)O[Si](C)(C)O[Si](C)(C)O[Si](C)(C)O. The van der Waals surface area contributed by atoms with Gasteiger partial charge in [0.1, 0.15) is 6.10 Å². The molecule has 0 radical (unpaired) electrons. The first-order valence-electron chi connectivity index (χ1n) is 9.31. The van der Waals surface area contributed by atoms with E-state index in [1.807, 2.05) is 0 Å². The summed E-state index contributed by atoms with van der Waals surface area (Å²) in [7, 11) is -15.9. The Balaban J connectivity index is 5.50. The monoisotopic (exact) mass is 526 g/mol. The van der Waals surface area contributed by atoms with Crippen LogP contribution in [0.15, 0.2) is 0 Å². The van der Waals surface area contributed by atoms with Crippen molar-refractivity contribution in [3.05, 3.63) is 0 Å². The fourth-order valence-electron chi connectivity index (χ4n) is 2.70. The highest BCUT2D eigenvalue weighted by atomic mass is 28.5. The highest BCUT2D eigenvalue weighted by Crippen LogP contribution is 2.25. The third-order valence-corrected chi connectivity index (χ3v) is 17.9.